The highest BCUT2D eigenvalue weighted by Crippen LogP contribution is 2.32. The SMILES string of the molecule is CCc1ccc(N(CCCC(=O)Nc2ccc3c(c2)OCCO3)S(C)(=O)=O)cc1. The first kappa shape index (κ1) is 21.0. The fourth-order valence-electron chi connectivity index (χ4n) is 3.11. The second-order valence-electron chi connectivity index (χ2n) is 6.87. The molecule has 1 amide bonds. The largest absolute Gasteiger partial charge is 0.486 e. The number of amides is 1. The van der Waals surface area contributed by atoms with Crippen LogP contribution in [0.4, 0.5) is 11.4 Å². The van der Waals surface area contributed by atoms with Crippen molar-refractivity contribution in [2.24, 2.45) is 0 Å². The van der Waals surface area contributed by atoms with Crippen LogP contribution in [0.25, 0.3) is 0 Å². The Kier molecular flexibility index (Phi) is 6.64. The Morgan fingerprint density at radius 3 is 2.41 bits per heavy atom. The lowest BCUT2D eigenvalue weighted by atomic mass is 10.1. The molecule has 1 aliphatic rings. The highest BCUT2D eigenvalue weighted by atomic mass is 32.2. The number of carbonyl (C=O) groups is 1. The lowest BCUT2D eigenvalue weighted by molar-refractivity contribution is -0.116. The molecule has 0 unspecified atom stereocenters. The number of carbonyl (C=O) groups excluding carboxylic acids is 1. The normalized spacial score (nSPS) is 13.0. The van der Waals surface area contributed by atoms with Gasteiger partial charge < -0.3 is 14.8 Å². The standard InChI is InChI=1S/C21H26N2O5S/c1-3-16-6-9-18(10-7-16)23(29(2,25)26)12-4-5-21(24)22-17-8-11-19-20(15-17)28-14-13-27-19/h6-11,15H,3-5,12-14H2,1-2H3,(H,22,24). The van der Waals surface area contributed by atoms with Crippen molar-refractivity contribution >= 4 is 27.3 Å². The Labute approximate surface area is 171 Å². The fourth-order valence-corrected chi connectivity index (χ4v) is 4.08. The van der Waals surface area contributed by atoms with E-state index in [1.165, 1.54) is 10.6 Å². The minimum atomic E-state index is -3.43. The molecule has 156 valence electrons. The second-order valence-corrected chi connectivity index (χ2v) is 8.77. The number of benzene rings is 2. The number of ether oxygens (including phenoxy) is 2. The van der Waals surface area contributed by atoms with Crippen LogP contribution in [0.3, 0.4) is 0 Å². The van der Waals surface area contributed by atoms with E-state index in [1.807, 2.05) is 19.1 Å². The quantitative estimate of drug-likeness (QED) is 0.712. The Hall–Kier alpha value is -2.74. The van der Waals surface area contributed by atoms with Gasteiger partial charge in [0.25, 0.3) is 0 Å². The van der Waals surface area contributed by atoms with Crippen LogP contribution in [0.5, 0.6) is 11.5 Å². The lowest BCUT2D eigenvalue weighted by Gasteiger charge is -2.22. The molecule has 0 radical (unpaired) electrons. The van der Waals surface area contributed by atoms with Gasteiger partial charge in [0, 0.05) is 24.7 Å². The summed E-state index contributed by atoms with van der Waals surface area (Å²) in [6, 6.07) is 12.7. The van der Waals surface area contributed by atoms with Gasteiger partial charge in [0.2, 0.25) is 15.9 Å². The van der Waals surface area contributed by atoms with Gasteiger partial charge in [-0.3, -0.25) is 9.10 Å². The molecule has 0 aliphatic carbocycles. The van der Waals surface area contributed by atoms with Crippen LogP contribution in [0.2, 0.25) is 0 Å². The summed E-state index contributed by atoms with van der Waals surface area (Å²) in [4.78, 5) is 12.3. The van der Waals surface area contributed by atoms with Crippen molar-refractivity contribution in [3.8, 4) is 11.5 Å². The summed E-state index contributed by atoms with van der Waals surface area (Å²) in [5.74, 6) is 1.08. The second kappa shape index (κ2) is 9.17. The molecule has 0 fully saturated rings. The monoisotopic (exact) mass is 418 g/mol. The predicted octanol–water partition coefficient (Wildman–Crippen LogP) is 3.21. The molecule has 1 aliphatic heterocycles. The van der Waals surface area contributed by atoms with Crippen molar-refractivity contribution in [1.82, 2.24) is 0 Å². The molecule has 0 atom stereocenters. The van der Waals surface area contributed by atoms with Crippen LogP contribution in [0.1, 0.15) is 25.3 Å². The minimum absolute atomic E-state index is 0.184. The average molecular weight is 419 g/mol. The van der Waals surface area contributed by atoms with E-state index in [-0.39, 0.29) is 18.9 Å². The van der Waals surface area contributed by atoms with Gasteiger partial charge in [0.05, 0.1) is 11.9 Å². The van der Waals surface area contributed by atoms with E-state index in [0.717, 1.165) is 12.0 Å². The van der Waals surface area contributed by atoms with E-state index in [9.17, 15) is 13.2 Å². The van der Waals surface area contributed by atoms with E-state index in [0.29, 0.717) is 42.5 Å². The maximum absolute atomic E-state index is 12.3. The van der Waals surface area contributed by atoms with Crippen molar-refractivity contribution in [2.75, 3.05) is 35.6 Å². The molecule has 0 saturated heterocycles. The van der Waals surface area contributed by atoms with E-state index in [4.69, 9.17) is 9.47 Å². The maximum Gasteiger partial charge on any atom is 0.232 e. The highest BCUT2D eigenvalue weighted by molar-refractivity contribution is 7.92. The first-order chi connectivity index (χ1) is 13.9. The molecule has 29 heavy (non-hydrogen) atoms. The van der Waals surface area contributed by atoms with E-state index < -0.39 is 10.0 Å². The van der Waals surface area contributed by atoms with Crippen molar-refractivity contribution in [1.29, 1.82) is 0 Å². The van der Waals surface area contributed by atoms with Gasteiger partial charge >= 0.3 is 0 Å². The molecule has 0 bridgehead atoms. The van der Waals surface area contributed by atoms with Gasteiger partial charge in [-0.05, 0) is 42.7 Å². The Morgan fingerprint density at radius 2 is 1.76 bits per heavy atom. The summed E-state index contributed by atoms with van der Waals surface area (Å²) >= 11 is 0. The number of sulfonamides is 1. The summed E-state index contributed by atoms with van der Waals surface area (Å²) in [6.07, 6.45) is 2.67. The minimum Gasteiger partial charge on any atom is -0.486 e. The molecule has 0 saturated carbocycles. The van der Waals surface area contributed by atoms with Gasteiger partial charge in [-0.25, -0.2) is 8.42 Å². The van der Waals surface area contributed by atoms with E-state index in [1.54, 1.807) is 30.3 Å². The topological polar surface area (TPSA) is 84.9 Å². The third-order valence-corrected chi connectivity index (χ3v) is 5.82. The first-order valence-electron chi connectivity index (χ1n) is 9.63. The lowest BCUT2D eigenvalue weighted by Crippen LogP contribution is -2.31. The number of aryl methyl sites for hydroxylation is 1. The zero-order chi connectivity index (χ0) is 20.9. The van der Waals surface area contributed by atoms with Gasteiger partial charge in [-0.1, -0.05) is 19.1 Å². The maximum atomic E-state index is 12.3. The Bertz CT molecular complexity index is 958. The van der Waals surface area contributed by atoms with Gasteiger partial charge in [0.15, 0.2) is 11.5 Å². The number of hydrogen-bond acceptors (Lipinski definition) is 5. The molecule has 2 aromatic carbocycles. The van der Waals surface area contributed by atoms with Crippen molar-refractivity contribution in [3.05, 3.63) is 48.0 Å². The molecular formula is C21H26N2O5S. The zero-order valence-electron chi connectivity index (χ0n) is 16.7. The summed E-state index contributed by atoms with van der Waals surface area (Å²) in [7, 11) is -3.43. The van der Waals surface area contributed by atoms with Crippen LogP contribution in [-0.4, -0.2) is 40.3 Å². The molecule has 0 aromatic heterocycles. The van der Waals surface area contributed by atoms with Crippen LogP contribution in [0, 0.1) is 0 Å². The molecule has 1 N–H and O–H groups in total. The molecule has 8 heteroatoms. The molecule has 7 nitrogen and oxygen atoms in total. The number of nitrogens with one attached hydrogen (secondary N) is 1. The summed E-state index contributed by atoms with van der Waals surface area (Å²) in [5, 5.41) is 2.82. The van der Waals surface area contributed by atoms with Crippen LogP contribution in [-0.2, 0) is 21.2 Å². The van der Waals surface area contributed by atoms with Gasteiger partial charge in [-0.2, -0.15) is 0 Å². The number of fused-ring (bicyclic) bond motifs is 1. The molecule has 2 aromatic rings. The van der Waals surface area contributed by atoms with E-state index in [2.05, 4.69) is 5.32 Å². The first-order valence-corrected chi connectivity index (χ1v) is 11.5. The average Bonchev–Trinajstić information content (AvgIpc) is 2.70. The number of nitrogens with zero attached hydrogens (tertiary/aromatic N) is 1. The smallest absolute Gasteiger partial charge is 0.232 e. The summed E-state index contributed by atoms with van der Waals surface area (Å²) in [6.45, 7) is 3.27. The Morgan fingerprint density at radius 1 is 1.07 bits per heavy atom. The van der Waals surface area contributed by atoms with Crippen LogP contribution in [0.15, 0.2) is 42.5 Å². The predicted molar refractivity (Wildman–Crippen MR) is 113 cm³/mol. The van der Waals surface area contributed by atoms with Crippen LogP contribution >= 0.6 is 0 Å². The summed E-state index contributed by atoms with van der Waals surface area (Å²) in [5.41, 5.74) is 2.37. The van der Waals surface area contributed by atoms with Gasteiger partial charge in [0.1, 0.15) is 13.2 Å². The van der Waals surface area contributed by atoms with Crippen molar-refractivity contribution in [2.45, 2.75) is 26.2 Å². The molecule has 1 heterocycles. The molecule has 0 spiro atoms. The molecule has 3 rings (SSSR count). The number of rotatable bonds is 8. The Balaban J connectivity index is 1.57. The third-order valence-electron chi connectivity index (χ3n) is 4.62. The summed E-state index contributed by atoms with van der Waals surface area (Å²) < 4.78 is 36.7. The van der Waals surface area contributed by atoms with Crippen LogP contribution < -0.4 is 19.1 Å². The number of hydrogen-bond donors (Lipinski definition) is 1. The van der Waals surface area contributed by atoms with Crippen molar-refractivity contribution in [3.63, 3.8) is 0 Å². The van der Waals surface area contributed by atoms with Crippen molar-refractivity contribution < 1.29 is 22.7 Å². The van der Waals surface area contributed by atoms with Gasteiger partial charge in [-0.15, -0.1) is 0 Å². The highest BCUT2D eigenvalue weighted by Gasteiger charge is 2.18. The number of anilines is 2. The fraction of sp³-hybridized carbons (Fsp3) is 0.381. The third kappa shape index (κ3) is 5.63. The molecular weight excluding hydrogens is 392 g/mol. The van der Waals surface area contributed by atoms with E-state index >= 15 is 0 Å². The zero-order valence-corrected chi connectivity index (χ0v) is 17.5.